The highest BCUT2D eigenvalue weighted by molar-refractivity contribution is 7.89. The van der Waals surface area contributed by atoms with Crippen LogP contribution in [0.5, 0.6) is 0 Å². The highest BCUT2D eigenvalue weighted by Gasteiger charge is 2.21. The Hall–Kier alpha value is -1.45. The molecule has 1 fully saturated rings. The van der Waals surface area contributed by atoms with Gasteiger partial charge in [-0.3, -0.25) is 9.36 Å². The molecule has 1 atom stereocenters. The topological polar surface area (TPSA) is 93.4 Å². The van der Waals surface area contributed by atoms with E-state index >= 15 is 0 Å². The Morgan fingerprint density at radius 3 is 2.62 bits per heavy atom. The summed E-state index contributed by atoms with van der Waals surface area (Å²) in [7, 11) is -1.25. The van der Waals surface area contributed by atoms with E-state index in [9.17, 15) is 18.0 Å². The number of likely N-dealkylation sites (tertiary alicyclic amines) is 1. The van der Waals surface area contributed by atoms with E-state index in [1.807, 2.05) is 0 Å². The standard InChI is InChI=1S/C15H26N4O4S/c1-12-7-4-5-9-19(12)10-6-8-16-24(22,23)13-11-17(2)15(21)18(3)14(13)20/h11-12,16H,4-10H2,1-3H3. The summed E-state index contributed by atoms with van der Waals surface area (Å²) in [5.41, 5.74) is -1.37. The summed E-state index contributed by atoms with van der Waals surface area (Å²) in [5, 5.41) is 0. The Bertz CT molecular complexity index is 797. The third kappa shape index (κ3) is 4.14. The van der Waals surface area contributed by atoms with E-state index in [1.54, 1.807) is 0 Å². The van der Waals surface area contributed by atoms with Crippen LogP contribution in [0.15, 0.2) is 20.7 Å². The first-order valence-corrected chi connectivity index (χ1v) is 9.72. The van der Waals surface area contributed by atoms with Crippen molar-refractivity contribution in [3.05, 3.63) is 27.0 Å². The lowest BCUT2D eigenvalue weighted by molar-refractivity contribution is 0.159. The maximum atomic E-state index is 12.3. The number of rotatable bonds is 6. The average Bonchev–Trinajstić information content (AvgIpc) is 2.54. The van der Waals surface area contributed by atoms with Crippen molar-refractivity contribution in [3.8, 4) is 0 Å². The molecule has 0 aliphatic carbocycles. The first kappa shape index (κ1) is 18.9. The largest absolute Gasteiger partial charge is 0.330 e. The second kappa shape index (κ2) is 7.62. The van der Waals surface area contributed by atoms with Gasteiger partial charge < -0.3 is 9.47 Å². The number of sulfonamides is 1. The van der Waals surface area contributed by atoms with Crippen LogP contribution < -0.4 is 16.0 Å². The van der Waals surface area contributed by atoms with Gasteiger partial charge >= 0.3 is 5.69 Å². The Morgan fingerprint density at radius 2 is 1.96 bits per heavy atom. The highest BCUT2D eigenvalue weighted by atomic mass is 32.2. The van der Waals surface area contributed by atoms with Crippen molar-refractivity contribution in [2.45, 2.75) is 43.5 Å². The lowest BCUT2D eigenvalue weighted by Crippen LogP contribution is -2.42. The number of hydrogen-bond acceptors (Lipinski definition) is 5. The number of aryl methyl sites for hydroxylation is 1. The molecular weight excluding hydrogens is 332 g/mol. The molecule has 1 aromatic heterocycles. The first-order valence-electron chi connectivity index (χ1n) is 8.24. The Labute approximate surface area is 142 Å². The van der Waals surface area contributed by atoms with E-state index in [0.717, 1.165) is 28.4 Å². The van der Waals surface area contributed by atoms with E-state index in [2.05, 4.69) is 16.5 Å². The number of nitrogens with one attached hydrogen (secondary N) is 1. The van der Waals surface area contributed by atoms with Crippen LogP contribution in [0.25, 0.3) is 0 Å². The van der Waals surface area contributed by atoms with Crippen molar-refractivity contribution in [2.24, 2.45) is 14.1 Å². The summed E-state index contributed by atoms with van der Waals surface area (Å²) in [6.45, 7) is 4.33. The van der Waals surface area contributed by atoms with Gasteiger partial charge in [-0.25, -0.2) is 17.9 Å². The first-order chi connectivity index (χ1) is 11.2. The molecule has 8 nitrogen and oxygen atoms in total. The van der Waals surface area contributed by atoms with E-state index in [4.69, 9.17) is 0 Å². The molecule has 2 heterocycles. The fraction of sp³-hybridized carbons (Fsp3) is 0.733. The highest BCUT2D eigenvalue weighted by Crippen LogP contribution is 2.16. The molecule has 0 amide bonds. The maximum absolute atomic E-state index is 12.3. The molecule has 0 spiro atoms. The van der Waals surface area contributed by atoms with Gasteiger partial charge in [-0.1, -0.05) is 6.42 Å². The Morgan fingerprint density at radius 1 is 1.25 bits per heavy atom. The van der Waals surface area contributed by atoms with Gasteiger partial charge in [-0.05, 0) is 39.3 Å². The summed E-state index contributed by atoms with van der Waals surface area (Å²) in [5.74, 6) is 0. The van der Waals surface area contributed by atoms with Gasteiger partial charge in [-0.15, -0.1) is 0 Å². The van der Waals surface area contributed by atoms with Gasteiger partial charge in [0.2, 0.25) is 10.0 Å². The molecule has 1 saturated heterocycles. The molecule has 24 heavy (non-hydrogen) atoms. The summed E-state index contributed by atoms with van der Waals surface area (Å²) in [6, 6.07) is 0.534. The predicted octanol–water partition coefficient (Wildman–Crippen LogP) is -0.373. The van der Waals surface area contributed by atoms with Crippen molar-refractivity contribution < 1.29 is 8.42 Å². The van der Waals surface area contributed by atoms with E-state index in [-0.39, 0.29) is 6.54 Å². The predicted molar refractivity (Wildman–Crippen MR) is 91.6 cm³/mol. The molecule has 2 rings (SSSR count). The summed E-state index contributed by atoms with van der Waals surface area (Å²) >= 11 is 0. The minimum atomic E-state index is -3.93. The summed E-state index contributed by atoms with van der Waals surface area (Å²) in [4.78, 5) is 25.6. The van der Waals surface area contributed by atoms with Crippen LogP contribution >= 0.6 is 0 Å². The van der Waals surface area contributed by atoms with Crippen molar-refractivity contribution in [3.63, 3.8) is 0 Å². The minimum Gasteiger partial charge on any atom is -0.302 e. The van der Waals surface area contributed by atoms with Crippen LogP contribution in [0.1, 0.15) is 32.6 Å². The smallest absolute Gasteiger partial charge is 0.302 e. The van der Waals surface area contributed by atoms with Crippen molar-refractivity contribution in [1.29, 1.82) is 0 Å². The maximum Gasteiger partial charge on any atom is 0.330 e. The van der Waals surface area contributed by atoms with Crippen LogP contribution in [0, 0.1) is 0 Å². The second-order valence-corrected chi connectivity index (χ2v) is 8.12. The van der Waals surface area contributed by atoms with E-state index in [1.165, 1.54) is 33.4 Å². The third-order valence-electron chi connectivity index (χ3n) is 4.56. The van der Waals surface area contributed by atoms with Gasteiger partial charge in [0.15, 0.2) is 4.90 Å². The Kier molecular flexibility index (Phi) is 6.00. The molecule has 9 heteroatoms. The SMILES string of the molecule is CC1CCCCN1CCCNS(=O)(=O)c1cn(C)c(=O)n(C)c1=O. The molecule has 1 unspecified atom stereocenters. The fourth-order valence-electron chi connectivity index (χ4n) is 3.02. The van der Waals surface area contributed by atoms with Crippen LogP contribution in [0.4, 0.5) is 0 Å². The normalized spacial score (nSPS) is 19.5. The minimum absolute atomic E-state index is 0.261. The van der Waals surface area contributed by atoms with Gasteiger partial charge in [0.25, 0.3) is 5.56 Å². The molecule has 1 aliphatic heterocycles. The quantitative estimate of drug-likeness (QED) is 0.700. The molecule has 1 N–H and O–H groups in total. The molecule has 0 aromatic carbocycles. The van der Waals surface area contributed by atoms with Crippen LogP contribution in [-0.2, 0) is 24.1 Å². The molecule has 1 aliphatic rings. The lowest BCUT2D eigenvalue weighted by atomic mass is 10.0. The zero-order valence-electron chi connectivity index (χ0n) is 14.5. The molecule has 0 bridgehead atoms. The lowest BCUT2D eigenvalue weighted by Gasteiger charge is -2.33. The Balaban J connectivity index is 1.99. The van der Waals surface area contributed by atoms with E-state index in [0.29, 0.717) is 12.5 Å². The van der Waals surface area contributed by atoms with Gasteiger partial charge in [-0.2, -0.15) is 0 Å². The van der Waals surface area contributed by atoms with Crippen LogP contribution in [-0.4, -0.2) is 48.1 Å². The molecule has 1 aromatic rings. The van der Waals surface area contributed by atoms with Gasteiger partial charge in [0, 0.05) is 32.9 Å². The zero-order chi connectivity index (χ0) is 17.9. The van der Waals surface area contributed by atoms with Gasteiger partial charge in [0.05, 0.1) is 0 Å². The van der Waals surface area contributed by atoms with Crippen LogP contribution in [0.2, 0.25) is 0 Å². The van der Waals surface area contributed by atoms with E-state index < -0.39 is 26.2 Å². The van der Waals surface area contributed by atoms with Gasteiger partial charge in [0.1, 0.15) is 0 Å². The third-order valence-corrected chi connectivity index (χ3v) is 6.00. The van der Waals surface area contributed by atoms with Crippen molar-refractivity contribution in [1.82, 2.24) is 18.8 Å². The van der Waals surface area contributed by atoms with Crippen LogP contribution in [0.3, 0.4) is 0 Å². The number of nitrogens with zero attached hydrogens (tertiary/aromatic N) is 3. The fourth-order valence-corrected chi connectivity index (χ4v) is 4.25. The molecule has 0 saturated carbocycles. The number of piperidine rings is 1. The average molecular weight is 358 g/mol. The molecular formula is C15H26N4O4S. The number of hydrogen-bond donors (Lipinski definition) is 1. The zero-order valence-corrected chi connectivity index (χ0v) is 15.3. The molecule has 136 valence electrons. The number of aromatic nitrogens is 2. The van der Waals surface area contributed by atoms with Crippen molar-refractivity contribution >= 4 is 10.0 Å². The second-order valence-electron chi connectivity index (χ2n) is 6.38. The monoisotopic (exact) mass is 358 g/mol. The summed E-state index contributed by atoms with van der Waals surface area (Å²) < 4.78 is 29.0. The van der Waals surface area contributed by atoms with Crippen molar-refractivity contribution in [2.75, 3.05) is 19.6 Å². The summed E-state index contributed by atoms with van der Waals surface area (Å²) in [6.07, 6.45) is 5.36. The molecule has 0 radical (unpaired) electrons.